The smallest absolute Gasteiger partial charge is 0.221 e. The van der Waals surface area contributed by atoms with Gasteiger partial charge in [0.1, 0.15) is 5.75 Å². The van der Waals surface area contributed by atoms with Crippen molar-refractivity contribution in [2.75, 3.05) is 12.4 Å². The molecule has 0 saturated heterocycles. The zero-order chi connectivity index (χ0) is 17.3. The normalized spacial score (nSPS) is 15.7. The van der Waals surface area contributed by atoms with Crippen LogP contribution in [0.3, 0.4) is 0 Å². The maximum atomic E-state index is 11.5. The Bertz CT molecular complexity index is 818. The summed E-state index contributed by atoms with van der Waals surface area (Å²) < 4.78 is 5.38. The lowest BCUT2D eigenvalue weighted by Gasteiger charge is -2.42. The van der Waals surface area contributed by atoms with Crippen LogP contribution in [-0.4, -0.2) is 13.0 Å². The number of ether oxygens (including phenoxy) is 1. The molecule has 1 aliphatic carbocycles. The molecular formula is C21H23NO2. The molecule has 3 nitrogen and oxygen atoms in total. The lowest BCUT2D eigenvalue weighted by atomic mass is 9.62. The number of carbonyl (C=O) groups is 1. The standard InChI is InChI=1S/C21H23NO2/c1-14(23)22-19-11-6-5-10-17(19)18-13-21(2,3)20(18)15-8-7-9-16(12-15)24-4/h5-12H,13H2,1-4H3,(H,22,23). The highest BCUT2D eigenvalue weighted by Gasteiger charge is 2.38. The van der Waals surface area contributed by atoms with Gasteiger partial charge in [-0.1, -0.05) is 44.2 Å². The number of nitrogens with one attached hydrogen (secondary N) is 1. The average molecular weight is 321 g/mol. The van der Waals surface area contributed by atoms with E-state index in [4.69, 9.17) is 4.74 Å². The number of anilines is 1. The van der Waals surface area contributed by atoms with Crippen LogP contribution in [0.25, 0.3) is 11.1 Å². The quantitative estimate of drug-likeness (QED) is 0.861. The molecule has 1 amide bonds. The van der Waals surface area contributed by atoms with Gasteiger partial charge in [-0.15, -0.1) is 0 Å². The van der Waals surface area contributed by atoms with Gasteiger partial charge in [0, 0.05) is 18.2 Å². The molecule has 0 saturated carbocycles. The van der Waals surface area contributed by atoms with E-state index in [9.17, 15) is 4.79 Å². The summed E-state index contributed by atoms with van der Waals surface area (Å²) in [5.41, 5.74) is 5.86. The number of carbonyl (C=O) groups excluding carboxylic acids is 1. The van der Waals surface area contributed by atoms with E-state index >= 15 is 0 Å². The molecule has 0 aromatic heterocycles. The topological polar surface area (TPSA) is 38.3 Å². The fourth-order valence-corrected chi connectivity index (χ4v) is 3.54. The minimum absolute atomic E-state index is 0.0513. The summed E-state index contributed by atoms with van der Waals surface area (Å²) >= 11 is 0. The maximum Gasteiger partial charge on any atom is 0.221 e. The first-order chi connectivity index (χ1) is 11.4. The molecule has 0 radical (unpaired) electrons. The molecule has 1 aliphatic rings. The van der Waals surface area contributed by atoms with Crippen LogP contribution < -0.4 is 10.1 Å². The highest BCUT2D eigenvalue weighted by molar-refractivity contribution is 6.04. The van der Waals surface area contributed by atoms with Crippen molar-refractivity contribution in [3.05, 3.63) is 59.7 Å². The average Bonchev–Trinajstić information content (AvgIpc) is 2.53. The van der Waals surface area contributed by atoms with Gasteiger partial charge in [-0.2, -0.15) is 0 Å². The van der Waals surface area contributed by atoms with Gasteiger partial charge in [-0.3, -0.25) is 4.79 Å². The lowest BCUT2D eigenvalue weighted by Crippen LogP contribution is -2.26. The highest BCUT2D eigenvalue weighted by Crippen LogP contribution is 2.56. The van der Waals surface area contributed by atoms with Crippen molar-refractivity contribution in [3.8, 4) is 5.75 Å². The van der Waals surface area contributed by atoms with E-state index in [1.807, 2.05) is 30.3 Å². The fourth-order valence-electron chi connectivity index (χ4n) is 3.54. The second-order valence-corrected chi connectivity index (χ2v) is 6.87. The van der Waals surface area contributed by atoms with E-state index in [1.54, 1.807) is 14.0 Å². The number of rotatable bonds is 4. The van der Waals surface area contributed by atoms with Gasteiger partial charge in [0.25, 0.3) is 0 Å². The molecule has 1 N–H and O–H groups in total. The van der Waals surface area contributed by atoms with Crippen molar-refractivity contribution in [1.82, 2.24) is 0 Å². The molecule has 24 heavy (non-hydrogen) atoms. The molecule has 0 unspecified atom stereocenters. The van der Waals surface area contributed by atoms with E-state index < -0.39 is 0 Å². The molecule has 3 heteroatoms. The summed E-state index contributed by atoms with van der Waals surface area (Å²) in [7, 11) is 1.69. The molecule has 0 spiro atoms. The summed E-state index contributed by atoms with van der Waals surface area (Å²) in [6, 6.07) is 16.2. The van der Waals surface area contributed by atoms with E-state index in [1.165, 1.54) is 16.7 Å². The Morgan fingerprint density at radius 2 is 1.88 bits per heavy atom. The van der Waals surface area contributed by atoms with Crippen molar-refractivity contribution in [2.24, 2.45) is 5.41 Å². The van der Waals surface area contributed by atoms with Crippen LogP contribution in [0.4, 0.5) is 5.69 Å². The molecule has 124 valence electrons. The Balaban J connectivity index is 2.14. The van der Waals surface area contributed by atoms with Crippen LogP contribution in [0.15, 0.2) is 48.5 Å². The van der Waals surface area contributed by atoms with Crippen LogP contribution in [0.1, 0.15) is 38.3 Å². The highest BCUT2D eigenvalue weighted by atomic mass is 16.5. The third-order valence-electron chi connectivity index (χ3n) is 4.52. The zero-order valence-corrected chi connectivity index (χ0v) is 14.6. The Morgan fingerprint density at radius 3 is 2.54 bits per heavy atom. The fraction of sp³-hybridized carbons (Fsp3) is 0.286. The van der Waals surface area contributed by atoms with Crippen LogP contribution >= 0.6 is 0 Å². The van der Waals surface area contributed by atoms with Crippen molar-refractivity contribution in [3.63, 3.8) is 0 Å². The first-order valence-corrected chi connectivity index (χ1v) is 8.17. The van der Waals surface area contributed by atoms with E-state index in [0.29, 0.717) is 0 Å². The molecule has 0 heterocycles. The monoisotopic (exact) mass is 321 g/mol. The second kappa shape index (κ2) is 6.16. The summed E-state index contributed by atoms with van der Waals surface area (Å²) in [5.74, 6) is 0.807. The SMILES string of the molecule is COc1cccc(C2=C(c3ccccc3NC(C)=O)CC2(C)C)c1. The first kappa shape index (κ1) is 16.3. The minimum atomic E-state index is -0.0513. The van der Waals surface area contributed by atoms with Crippen molar-refractivity contribution < 1.29 is 9.53 Å². The number of allylic oxidation sites excluding steroid dienone is 2. The number of benzene rings is 2. The van der Waals surface area contributed by atoms with Crippen LogP contribution in [0, 0.1) is 5.41 Å². The van der Waals surface area contributed by atoms with Gasteiger partial charge >= 0.3 is 0 Å². The van der Waals surface area contributed by atoms with E-state index in [2.05, 4.69) is 37.4 Å². The van der Waals surface area contributed by atoms with Crippen molar-refractivity contribution >= 4 is 22.7 Å². The largest absolute Gasteiger partial charge is 0.497 e. The summed E-state index contributed by atoms with van der Waals surface area (Å²) in [5, 5.41) is 2.95. The van der Waals surface area contributed by atoms with E-state index in [-0.39, 0.29) is 11.3 Å². The van der Waals surface area contributed by atoms with Gasteiger partial charge in [-0.25, -0.2) is 0 Å². The molecule has 3 rings (SSSR count). The van der Waals surface area contributed by atoms with Gasteiger partial charge in [-0.05, 0) is 46.7 Å². The summed E-state index contributed by atoms with van der Waals surface area (Å²) in [6.45, 7) is 6.05. The predicted octanol–water partition coefficient (Wildman–Crippen LogP) is 4.99. The Labute approximate surface area is 143 Å². The molecular weight excluding hydrogens is 298 g/mol. The minimum Gasteiger partial charge on any atom is -0.497 e. The number of hydrogen-bond acceptors (Lipinski definition) is 2. The number of para-hydroxylation sites is 1. The van der Waals surface area contributed by atoms with Gasteiger partial charge < -0.3 is 10.1 Å². The van der Waals surface area contributed by atoms with Crippen LogP contribution in [0.5, 0.6) is 5.75 Å². The Hall–Kier alpha value is -2.55. The molecule has 0 aliphatic heterocycles. The number of hydrogen-bond donors (Lipinski definition) is 1. The van der Waals surface area contributed by atoms with Gasteiger partial charge in [0.15, 0.2) is 0 Å². The molecule has 2 aromatic carbocycles. The summed E-state index contributed by atoms with van der Waals surface area (Å²) in [4.78, 5) is 11.5. The molecule has 0 atom stereocenters. The van der Waals surface area contributed by atoms with Crippen LogP contribution in [-0.2, 0) is 4.79 Å². The molecule has 0 bridgehead atoms. The zero-order valence-electron chi connectivity index (χ0n) is 14.6. The molecule has 2 aromatic rings. The van der Waals surface area contributed by atoms with Crippen molar-refractivity contribution in [2.45, 2.75) is 27.2 Å². The van der Waals surface area contributed by atoms with Gasteiger partial charge in [0.05, 0.1) is 7.11 Å². The predicted molar refractivity (Wildman–Crippen MR) is 99.0 cm³/mol. The molecule has 0 fully saturated rings. The van der Waals surface area contributed by atoms with Crippen molar-refractivity contribution in [1.29, 1.82) is 0 Å². The first-order valence-electron chi connectivity index (χ1n) is 8.17. The Kier molecular flexibility index (Phi) is 4.18. The summed E-state index contributed by atoms with van der Waals surface area (Å²) in [6.07, 6.45) is 0.982. The maximum absolute atomic E-state index is 11.5. The third kappa shape index (κ3) is 2.94. The second-order valence-electron chi connectivity index (χ2n) is 6.87. The Morgan fingerprint density at radius 1 is 1.12 bits per heavy atom. The van der Waals surface area contributed by atoms with E-state index in [0.717, 1.165) is 23.4 Å². The lowest BCUT2D eigenvalue weighted by molar-refractivity contribution is -0.114. The number of methoxy groups -OCH3 is 1. The number of amides is 1. The van der Waals surface area contributed by atoms with Gasteiger partial charge in [0.2, 0.25) is 5.91 Å². The third-order valence-corrected chi connectivity index (χ3v) is 4.52. The van der Waals surface area contributed by atoms with Crippen LogP contribution in [0.2, 0.25) is 0 Å².